The number of ether oxygens (including phenoxy) is 1. The molecule has 6 rings (SSSR count). The van der Waals surface area contributed by atoms with E-state index in [-0.39, 0.29) is 11.3 Å². The predicted octanol–water partition coefficient (Wildman–Crippen LogP) is 7.82. The summed E-state index contributed by atoms with van der Waals surface area (Å²) >= 11 is 1.60. The molecule has 0 aliphatic carbocycles. The molecular formula is C31H23NO2S. The molecule has 0 radical (unpaired) electrons. The van der Waals surface area contributed by atoms with Crippen LogP contribution in [0.3, 0.4) is 0 Å². The molecule has 5 aromatic carbocycles. The second-order valence-corrected chi connectivity index (χ2v) is 9.62. The van der Waals surface area contributed by atoms with Crippen LogP contribution in [-0.2, 0) is 4.79 Å². The molecule has 1 unspecified atom stereocenters. The van der Waals surface area contributed by atoms with Crippen molar-refractivity contribution in [2.75, 3.05) is 12.0 Å². The van der Waals surface area contributed by atoms with E-state index in [2.05, 4.69) is 72.8 Å². The molecule has 0 N–H and O–H groups in total. The zero-order valence-corrected chi connectivity index (χ0v) is 20.0. The van der Waals surface area contributed by atoms with Crippen LogP contribution in [0.5, 0.6) is 5.75 Å². The van der Waals surface area contributed by atoms with Gasteiger partial charge >= 0.3 is 0 Å². The highest BCUT2D eigenvalue weighted by Gasteiger charge is 2.38. The number of anilines is 1. The number of nitrogens with zero attached hydrogens (tertiary/aromatic N) is 1. The fourth-order valence-corrected chi connectivity index (χ4v) is 5.95. The first-order valence-electron chi connectivity index (χ1n) is 11.5. The highest BCUT2D eigenvalue weighted by molar-refractivity contribution is 8.05. The van der Waals surface area contributed by atoms with Crippen molar-refractivity contribution < 1.29 is 9.53 Å². The number of methoxy groups -OCH3 is 1. The molecule has 1 saturated heterocycles. The maximum atomic E-state index is 13.9. The van der Waals surface area contributed by atoms with Gasteiger partial charge in [-0.25, -0.2) is 0 Å². The molecule has 1 aliphatic rings. The summed E-state index contributed by atoms with van der Waals surface area (Å²) in [4.78, 5) is 16.5. The Kier molecular flexibility index (Phi) is 5.51. The number of fused-ring (bicyclic) bond motifs is 2. The number of thioether (sulfide) groups is 1. The molecule has 0 bridgehead atoms. The highest BCUT2D eigenvalue weighted by atomic mass is 32.2. The Hall–Kier alpha value is -4.02. The molecule has 1 heterocycles. The van der Waals surface area contributed by atoms with E-state index in [1.807, 2.05) is 47.4 Å². The summed E-state index contributed by atoms with van der Waals surface area (Å²) in [5, 5.41) is 4.47. The molecule has 1 fully saturated rings. The Bertz CT molecular complexity index is 1520. The second-order valence-electron chi connectivity index (χ2n) is 8.50. The van der Waals surface area contributed by atoms with Crippen LogP contribution in [0.15, 0.2) is 114 Å². The topological polar surface area (TPSA) is 29.5 Å². The summed E-state index contributed by atoms with van der Waals surface area (Å²) in [6.45, 7) is 0. The molecule has 0 spiro atoms. The summed E-state index contributed by atoms with van der Waals surface area (Å²) in [5.41, 5.74) is 3.02. The van der Waals surface area contributed by atoms with E-state index in [1.54, 1.807) is 18.9 Å². The van der Waals surface area contributed by atoms with E-state index in [4.69, 9.17) is 4.74 Å². The third kappa shape index (κ3) is 3.86. The van der Waals surface area contributed by atoms with Crippen LogP contribution in [0.25, 0.3) is 27.6 Å². The second kappa shape index (κ2) is 8.97. The van der Waals surface area contributed by atoms with Crippen LogP contribution in [0.4, 0.5) is 5.69 Å². The summed E-state index contributed by atoms with van der Waals surface area (Å²) in [6, 6.07) is 36.9. The molecule has 3 nitrogen and oxygen atoms in total. The van der Waals surface area contributed by atoms with Gasteiger partial charge in [0.2, 0.25) is 0 Å². The first kappa shape index (κ1) is 21.5. The van der Waals surface area contributed by atoms with E-state index in [0.29, 0.717) is 0 Å². The number of amides is 1. The van der Waals surface area contributed by atoms with Gasteiger partial charge in [0.1, 0.15) is 11.1 Å². The Morgan fingerprint density at radius 1 is 0.771 bits per heavy atom. The summed E-state index contributed by atoms with van der Waals surface area (Å²) < 4.78 is 5.33. The molecule has 170 valence electrons. The molecule has 5 aromatic rings. The van der Waals surface area contributed by atoms with E-state index >= 15 is 0 Å². The molecule has 35 heavy (non-hydrogen) atoms. The highest BCUT2D eigenvalue weighted by Crippen LogP contribution is 2.49. The Morgan fingerprint density at radius 3 is 2.00 bits per heavy atom. The number of rotatable bonds is 4. The number of benzene rings is 5. The van der Waals surface area contributed by atoms with E-state index < -0.39 is 0 Å². The van der Waals surface area contributed by atoms with E-state index in [1.165, 1.54) is 10.8 Å². The molecular weight excluding hydrogens is 450 g/mol. The van der Waals surface area contributed by atoms with Crippen LogP contribution in [0, 0.1) is 0 Å². The van der Waals surface area contributed by atoms with Crippen LogP contribution in [-0.4, -0.2) is 13.0 Å². The number of hydrogen-bond donors (Lipinski definition) is 0. The van der Waals surface area contributed by atoms with Gasteiger partial charge in [-0.3, -0.25) is 9.69 Å². The fourth-order valence-electron chi connectivity index (χ4n) is 4.71. The molecule has 1 amide bonds. The molecule has 0 saturated carbocycles. The average Bonchev–Trinajstić information content (AvgIpc) is 3.24. The van der Waals surface area contributed by atoms with Gasteiger partial charge in [-0.15, -0.1) is 0 Å². The monoisotopic (exact) mass is 473 g/mol. The van der Waals surface area contributed by atoms with E-state index in [0.717, 1.165) is 38.2 Å². The van der Waals surface area contributed by atoms with Gasteiger partial charge in [0, 0.05) is 5.69 Å². The zero-order chi connectivity index (χ0) is 23.8. The predicted molar refractivity (Wildman–Crippen MR) is 147 cm³/mol. The minimum absolute atomic E-state index is 0.00559. The Balaban J connectivity index is 1.52. The van der Waals surface area contributed by atoms with Gasteiger partial charge in [0.05, 0.1) is 12.0 Å². The van der Waals surface area contributed by atoms with Gasteiger partial charge in [-0.2, -0.15) is 0 Å². The van der Waals surface area contributed by atoms with Gasteiger partial charge in [0.25, 0.3) is 5.91 Å². The van der Waals surface area contributed by atoms with Crippen molar-refractivity contribution in [1.82, 2.24) is 0 Å². The fraction of sp³-hybridized carbons (Fsp3) is 0.0645. The van der Waals surface area contributed by atoms with Crippen molar-refractivity contribution in [2.45, 2.75) is 5.37 Å². The summed E-state index contributed by atoms with van der Waals surface area (Å²) in [6.07, 6.45) is 2.08. The third-order valence-electron chi connectivity index (χ3n) is 6.43. The lowest BCUT2D eigenvalue weighted by Gasteiger charge is -2.24. The number of carbonyl (C=O) groups excluding carboxylic acids is 1. The van der Waals surface area contributed by atoms with Crippen LogP contribution in [0.2, 0.25) is 0 Å². The van der Waals surface area contributed by atoms with Crippen LogP contribution in [0.1, 0.15) is 16.5 Å². The van der Waals surface area contributed by atoms with Crippen LogP contribution >= 0.6 is 11.8 Å². The number of carbonyl (C=O) groups is 1. The lowest BCUT2D eigenvalue weighted by molar-refractivity contribution is -0.114. The normalized spacial score (nSPS) is 16.9. The molecule has 1 aliphatic heterocycles. The zero-order valence-electron chi connectivity index (χ0n) is 19.2. The van der Waals surface area contributed by atoms with Crippen molar-refractivity contribution in [3.05, 3.63) is 125 Å². The van der Waals surface area contributed by atoms with E-state index in [9.17, 15) is 4.79 Å². The maximum absolute atomic E-state index is 13.9. The lowest BCUT2D eigenvalue weighted by atomic mass is 9.96. The van der Waals surface area contributed by atoms with Gasteiger partial charge in [0.15, 0.2) is 0 Å². The van der Waals surface area contributed by atoms with Gasteiger partial charge in [-0.1, -0.05) is 90.6 Å². The van der Waals surface area contributed by atoms with Crippen molar-refractivity contribution in [2.24, 2.45) is 0 Å². The SMILES string of the molecule is COc1ccc(N2C(=O)/C(=C/c3c4ccccc4cc4ccccc34)SC2c2ccccc2)cc1. The minimum Gasteiger partial charge on any atom is -0.497 e. The lowest BCUT2D eigenvalue weighted by Crippen LogP contribution is -2.27. The van der Waals surface area contributed by atoms with Crippen molar-refractivity contribution in [3.8, 4) is 5.75 Å². The van der Waals surface area contributed by atoms with Crippen molar-refractivity contribution >= 4 is 51.0 Å². The van der Waals surface area contributed by atoms with Gasteiger partial charge < -0.3 is 4.74 Å². The smallest absolute Gasteiger partial charge is 0.266 e. The largest absolute Gasteiger partial charge is 0.497 e. The Morgan fingerprint density at radius 2 is 1.37 bits per heavy atom. The summed E-state index contributed by atoms with van der Waals surface area (Å²) in [7, 11) is 1.65. The van der Waals surface area contributed by atoms with Crippen LogP contribution < -0.4 is 9.64 Å². The third-order valence-corrected chi connectivity index (χ3v) is 7.68. The quantitative estimate of drug-likeness (QED) is 0.197. The molecule has 1 atom stereocenters. The first-order valence-corrected chi connectivity index (χ1v) is 12.4. The van der Waals surface area contributed by atoms with Crippen molar-refractivity contribution in [1.29, 1.82) is 0 Å². The van der Waals surface area contributed by atoms with Crippen molar-refractivity contribution in [3.63, 3.8) is 0 Å². The standard InChI is InChI=1S/C31H23NO2S/c1-34-25-17-15-24(16-18-25)32-30(33)29(35-31(32)21-9-3-2-4-10-21)20-28-26-13-7-5-11-22(26)19-23-12-6-8-14-27(23)28/h2-20,31H,1H3/b29-20-. The molecule has 0 aromatic heterocycles. The van der Waals surface area contributed by atoms with Gasteiger partial charge in [-0.05, 0) is 69.1 Å². The number of hydrogen-bond acceptors (Lipinski definition) is 3. The minimum atomic E-state index is -0.149. The summed E-state index contributed by atoms with van der Waals surface area (Å²) in [5.74, 6) is 0.772. The first-order chi connectivity index (χ1) is 17.2. The molecule has 4 heteroatoms. The Labute approximate surface area is 208 Å². The maximum Gasteiger partial charge on any atom is 0.266 e. The average molecular weight is 474 g/mol.